The lowest BCUT2D eigenvalue weighted by Crippen LogP contribution is -2.40. The van der Waals surface area contributed by atoms with Crippen molar-refractivity contribution in [2.45, 2.75) is 45.6 Å². The van der Waals surface area contributed by atoms with Crippen molar-refractivity contribution in [1.82, 2.24) is 5.32 Å². The van der Waals surface area contributed by atoms with Crippen LogP contribution in [0.4, 0.5) is 0 Å². The largest absolute Gasteiger partial charge is 0.468 e. The molecule has 1 N–H and O–H groups in total. The maximum atomic E-state index is 11.3. The first kappa shape index (κ1) is 12.5. The smallest absolute Gasteiger partial charge is 0.322 e. The topological polar surface area (TPSA) is 38.3 Å². The monoisotopic (exact) mass is 213 g/mol. The molecule has 3 nitrogen and oxygen atoms in total. The number of hydrogen-bond acceptors (Lipinski definition) is 3. The molecule has 88 valence electrons. The number of ether oxygens (including phenoxy) is 1. The molecule has 3 unspecified atom stereocenters. The second-order valence-corrected chi connectivity index (χ2v) is 4.56. The minimum Gasteiger partial charge on any atom is -0.468 e. The molecular weight excluding hydrogens is 190 g/mol. The van der Waals surface area contributed by atoms with E-state index in [2.05, 4.69) is 12.2 Å². The predicted molar refractivity (Wildman–Crippen MR) is 60.6 cm³/mol. The molecule has 15 heavy (non-hydrogen) atoms. The van der Waals surface area contributed by atoms with Crippen LogP contribution in [0, 0.1) is 11.8 Å². The molecule has 0 heterocycles. The van der Waals surface area contributed by atoms with E-state index >= 15 is 0 Å². The van der Waals surface area contributed by atoms with Crippen molar-refractivity contribution in [3.63, 3.8) is 0 Å². The van der Waals surface area contributed by atoms with Crippen LogP contribution in [-0.4, -0.2) is 25.7 Å². The fourth-order valence-corrected chi connectivity index (χ4v) is 2.36. The summed E-state index contributed by atoms with van der Waals surface area (Å²) in [5.74, 6) is 1.40. The Morgan fingerprint density at radius 3 is 2.73 bits per heavy atom. The summed E-state index contributed by atoms with van der Waals surface area (Å²) in [4.78, 5) is 11.3. The molecule has 0 amide bonds. The Labute approximate surface area is 92.6 Å². The van der Waals surface area contributed by atoms with E-state index in [4.69, 9.17) is 4.74 Å². The predicted octanol–water partition coefficient (Wildman–Crippen LogP) is 1.96. The van der Waals surface area contributed by atoms with Gasteiger partial charge in [-0.1, -0.05) is 26.7 Å². The standard InChI is InChI=1S/C12H23NO2/c1-4-11(12(14)15-3)13-8-10-7-5-6-9(10)2/h9-11,13H,4-8H2,1-3H3. The van der Waals surface area contributed by atoms with Gasteiger partial charge in [0, 0.05) is 0 Å². The van der Waals surface area contributed by atoms with Gasteiger partial charge in [-0.2, -0.15) is 0 Å². The highest BCUT2D eigenvalue weighted by Gasteiger charge is 2.25. The molecule has 1 aliphatic carbocycles. The number of carbonyl (C=O) groups excluding carboxylic acids is 1. The van der Waals surface area contributed by atoms with Crippen LogP contribution in [0.5, 0.6) is 0 Å². The van der Waals surface area contributed by atoms with E-state index in [1.165, 1.54) is 26.4 Å². The Bertz CT molecular complexity index is 206. The maximum absolute atomic E-state index is 11.3. The molecule has 3 atom stereocenters. The zero-order chi connectivity index (χ0) is 11.3. The van der Waals surface area contributed by atoms with Gasteiger partial charge in [-0.25, -0.2) is 0 Å². The second-order valence-electron chi connectivity index (χ2n) is 4.56. The molecule has 0 aromatic heterocycles. The summed E-state index contributed by atoms with van der Waals surface area (Å²) >= 11 is 0. The molecule has 1 saturated carbocycles. The lowest BCUT2D eigenvalue weighted by atomic mass is 9.98. The zero-order valence-corrected chi connectivity index (χ0v) is 10.1. The van der Waals surface area contributed by atoms with Gasteiger partial charge < -0.3 is 10.1 Å². The van der Waals surface area contributed by atoms with Crippen LogP contribution in [0.25, 0.3) is 0 Å². The average Bonchev–Trinajstić information content (AvgIpc) is 2.65. The van der Waals surface area contributed by atoms with E-state index in [1.807, 2.05) is 6.92 Å². The van der Waals surface area contributed by atoms with Gasteiger partial charge in [0.2, 0.25) is 0 Å². The maximum Gasteiger partial charge on any atom is 0.322 e. The summed E-state index contributed by atoms with van der Waals surface area (Å²) in [5, 5.41) is 3.32. The Morgan fingerprint density at radius 2 is 2.27 bits per heavy atom. The molecule has 0 aromatic carbocycles. The fraction of sp³-hybridized carbons (Fsp3) is 0.917. The van der Waals surface area contributed by atoms with E-state index in [1.54, 1.807) is 0 Å². The van der Waals surface area contributed by atoms with Crippen molar-refractivity contribution in [2.24, 2.45) is 11.8 Å². The number of carbonyl (C=O) groups is 1. The average molecular weight is 213 g/mol. The molecule has 3 heteroatoms. The number of methoxy groups -OCH3 is 1. The van der Waals surface area contributed by atoms with Crippen molar-refractivity contribution in [3.05, 3.63) is 0 Å². The number of hydrogen-bond donors (Lipinski definition) is 1. The van der Waals surface area contributed by atoms with Crippen molar-refractivity contribution < 1.29 is 9.53 Å². The number of rotatable bonds is 5. The van der Waals surface area contributed by atoms with Gasteiger partial charge in [0.1, 0.15) is 6.04 Å². The van der Waals surface area contributed by atoms with Crippen LogP contribution in [0.15, 0.2) is 0 Å². The normalized spacial score (nSPS) is 27.7. The van der Waals surface area contributed by atoms with Gasteiger partial charge in [0.25, 0.3) is 0 Å². The summed E-state index contributed by atoms with van der Waals surface area (Å²) in [6, 6.07) is -0.122. The first-order valence-electron chi connectivity index (χ1n) is 6.00. The Hall–Kier alpha value is -0.570. The highest BCUT2D eigenvalue weighted by molar-refractivity contribution is 5.75. The van der Waals surface area contributed by atoms with Crippen molar-refractivity contribution in [2.75, 3.05) is 13.7 Å². The van der Waals surface area contributed by atoms with Gasteiger partial charge in [0.15, 0.2) is 0 Å². The van der Waals surface area contributed by atoms with E-state index < -0.39 is 0 Å². The van der Waals surface area contributed by atoms with Crippen molar-refractivity contribution in [1.29, 1.82) is 0 Å². The minimum absolute atomic E-state index is 0.122. The highest BCUT2D eigenvalue weighted by Crippen LogP contribution is 2.30. The quantitative estimate of drug-likeness (QED) is 0.709. The molecule has 0 aromatic rings. The van der Waals surface area contributed by atoms with Crippen LogP contribution in [-0.2, 0) is 9.53 Å². The Kier molecular flexibility index (Phi) is 5.09. The highest BCUT2D eigenvalue weighted by atomic mass is 16.5. The first-order chi connectivity index (χ1) is 7.19. The van der Waals surface area contributed by atoms with E-state index in [0.29, 0.717) is 0 Å². The van der Waals surface area contributed by atoms with Gasteiger partial charge in [0.05, 0.1) is 7.11 Å². The SMILES string of the molecule is CCC(NCC1CCCC1C)C(=O)OC. The summed E-state index contributed by atoms with van der Waals surface area (Å²) in [6.07, 6.45) is 4.77. The van der Waals surface area contributed by atoms with Gasteiger partial charge >= 0.3 is 5.97 Å². The van der Waals surface area contributed by atoms with Gasteiger partial charge in [-0.05, 0) is 31.2 Å². The molecule has 1 rings (SSSR count). The minimum atomic E-state index is -0.136. The first-order valence-corrected chi connectivity index (χ1v) is 6.00. The molecule has 1 fully saturated rings. The molecule has 0 bridgehead atoms. The Morgan fingerprint density at radius 1 is 1.53 bits per heavy atom. The molecule has 0 radical (unpaired) electrons. The fourth-order valence-electron chi connectivity index (χ4n) is 2.36. The van der Waals surface area contributed by atoms with Crippen LogP contribution < -0.4 is 5.32 Å². The molecule has 0 saturated heterocycles. The molecule has 0 spiro atoms. The molecular formula is C12H23NO2. The van der Waals surface area contributed by atoms with Crippen LogP contribution in [0.1, 0.15) is 39.5 Å². The van der Waals surface area contributed by atoms with Gasteiger partial charge in [-0.15, -0.1) is 0 Å². The molecule has 0 aliphatic heterocycles. The Balaban J connectivity index is 2.30. The zero-order valence-electron chi connectivity index (χ0n) is 10.1. The summed E-state index contributed by atoms with van der Waals surface area (Å²) in [5.41, 5.74) is 0. The molecule has 1 aliphatic rings. The second kappa shape index (κ2) is 6.11. The van der Waals surface area contributed by atoms with Crippen molar-refractivity contribution >= 4 is 5.97 Å². The third-order valence-electron chi connectivity index (χ3n) is 3.56. The van der Waals surface area contributed by atoms with E-state index in [0.717, 1.165) is 24.8 Å². The third kappa shape index (κ3) is 3.49. The van der Waals surface area contributed by atoms with E-state index in [-0.39, 0.29) is 12.0 Å². The van der Waals surface area contributed by atoms with Crippen LogP contribution in [0.3, 0.4) is 0 Å². The lowest BCUT2D eigenvalue weighted by molar-refractivity contribution is -0.143. The van der Waals surface area contributed by atoms with Crippen LogP contribution in [0.2, 0.25) is 0 Å². The number of esters is 1. The summed E-state index contributed by atoms with van der Waals surface area (Å²) in [6.45, 7) is 5.26. The van der Waals surface area contributed by atoms with E-state index in [9.17, 15) is 4.79 Å². The van der Waals surface area contributed by atoms with Gasteiger partial charge in [-0.3, -0.25) is 4.79 Å². The number of nitrogens with one attached hydrogen (secondary N) is 1. The summed E-state index contributed by atoms with van der Waals surface area (Å²) in [7, 11) is 1.45. The van der Waals surface area contributed by atoms with Crippen molar-refractivity contribution in [3.8, 4) is 0 Å². The third-order valence-corrected chi connectivity index (χ3v) is 3.56. The van der Waals surface area contributed by atoms with Crippen LogP contribution >= 0.6 is 0 Å². The summed E-state index contributed by atoms with van der Waals surface area (Å²) < 4.78 is 4.74. The lowest BCUT2D eigenvalue weighted by Gasteiger charge is -2.20.